The van der Waals surface area contributed by atoms with Gasteiger partial charge in [0.1, 0.15) is 5.82 Å². The molecule has 0 atom stereocenters. The first-order valence-electron chi connectivity index (χ1n) is 7.43. The average Bonchev–Trinajstić information content (AvgIpc) is 2.96. The topological polar surface area (TPSA) is 42.1 Å². The molecule has 2 aromatic heterocycles. The van der Waals surface area contributed by atoms with Crippen LogP contribution >= 0.6 is 11.3 Å². The molecule has 4 heteroatoms. The van der Waals surface area contributed by atoms with Crippen LogP contribution in [-0.2, 0) is 18.5 Å². The Morgan fingerprint density at radius 3 is 2.57 bits per heavy atom. The molecule has 0 aliphatic heterocycles. The molecule has 21 heavy (non-hydrogen) atoms. The van der Waals surface area contributed by atoms with Crippen molar-refractivity contribution in [1.29, 1.82) is 0 Å². The zero-order valence-corrected chi connectivity index (χ0v) is 14.2. The number of aromatic nitrogens is 1. The standard InChI is InChI=1S/C17H25N3S/c1-5-20(12-14-7-6-8-21-14)16-10-13(11-18)9-15(19-16)17(2,3)4/h6-10H,5,11-12,18H2,1-4H3. The summed E-state index contributed by atoms with van der Waals surface area (Å²) in [5, 5.41) is 2.12. The lowest BCUT2D eigenvalue weighted by atomic mass is 9.90. The first-order chi connectivity index (χ1) is 9.94. The van der Waals surface area contributed by atoms with Crippen molar-refractivity contribution < 1.29 is 0 Å². The minimum atomic E-state index is 0.0300. The van der Waals surface area contributed by atoms with Gasteiger partial charge < -0.3 is 10.6 Å². The number of hydrogen-bond donors (Lipinski definition) is 1. The van der Waals surface area contributed by atoms with Crippen LogP contribution in [0.2, 0.25) is 0 Å². The molecule has 0 spiro atoms. The Morgan fingerprint density at radius 1 is 1.29 bits per heavy atom. The second-order valence-corrected chi connectivity index (χ2v) is 7.30. The van der Waals surface area contributed by atoms with E-state index in [9.17, 15) is 0 Å². The smallest absolute Gasteiger partial charge is 0.129 e. The van der Waals surface area contributed by atoms with Crippen LogP contribution in [0.25, 0.3) is 0 Å². The highest BCUT2D eigenvalue weighted by Gasteiger charge is 2.18. The summed E-state index contributed by atoms with van der Waals surface area (Å²) in [7, 11) is 0. The van der Waals surface area contributed by atoms with Crippen LogP contribution in [0.3, 0.4) is 0 Å². The molecule has 0 aliphatic rings. The quantitative estimate of drug-likeness (QED) is 0.910. The van der Waals surface area contributed by atoms with E-state index < -0.39 is 0 Å². The molecule has 0 aromatic carbocycles. The Hall–Kier alpha value is -1.39. The summed E-state index contributed by atoms with van der Waals surface area (Å²) in [4.78, 5) is 8.54. The monoisotopic (exact) mass is 303 g/mol. The Kier molecular flexibility index (Phi) is 5.01. The van der Waals surface area contributed by atoms with Crippen LogP contribution in [-0.4, -0.2) is 11.5 Å². The van der Waals surface area contributed by atoms with Gasteiger partial charge in [-0.1, -0.05) is 26.8 Å². The number of thiophene rings is 1. The van der Waals surface area contributed by atoms with E-state index in [0.717, 1.165) is 30.2 Å². The summed E-state index contributed by atoms with van der Waals surface area (Å²) in [6.45, 7) is 11.1. The average molecular weight is 303 g/mol. The molecule has 2 aromatic rings. The third-order valence-corrected chi connectivity index (χ3v) is 4.37. The van der Waals surface area contributed by atoms with E-state index in [0.29, 0.717) is 6.54 Å². The van der Waals surface area contributed by atoms with Crippen molar-refractivity contribution in [2.45, 2.75) is 46.2 Å². The zero-order chi connectivity index (χ0) is 15.5. The maximum absolute atomic E-state index is 5.86. The summed E-state index contributed by atoms with van der Waals surface area (Å²) in [5.74, 6) is 1.03. The Bertz CT molecular complexity index is 570. The summed E-state index contributed by atoms with van der Waals surface area (Å²) in [6.07, 6.45) is 0. The van der Waals surface area contributed by atoms with Gasteiger partial charge in [0.2, 0.25) is 0 Å². The summed E-state index contributed by atoms with van der Waals surface area (Å²) < 4.78 is 0. The highest BCUT2D eigenvalue weighted by Crippen LogP contribution is 2.26. The van der Waals surface area contributed by atoms with Gasteiger partial charge in [-0.05, 0) is 36.1 Å². The molecule has 2 N–H and O–H groups in total. The van der Waals surface area contributed by atoms with Gasteiger partial charge in [0.05, 0.1) is 6.54 Å². The van der Waals surface area contributed by atoms with Crippen LogP contribution in [0.5, 0.6) is 0 Å². The Morgan fingerprint density at radius 2 is 2.05 bits per heavy atom. The van der Waals surface area contributed by atoms with Gasteiger partial charge in [-0.2, -0.15) is 0 Å². The SMILES string of the molecule is CCN(Cc1cccs1)c1cc(CN)cc(C(C)(C)C)n1. The number of anilines is 1. The van der Waals surface area contributed by atoms with Gasteiger partial charge in [-0.25, -0.2) is 4.98 Å². The maximum Gasteiger partial charge on any atom is 0.129 e. The van der Waals surface area contributed by atoms with Gasteiger partial charge >= 0.3 is 0 Å². The second-order valence-electron chi connectivity index (χ2n) is 6.27. The van der Waals surface area contributed by atoms with Crippen LogP contribution in [0.1, 0.15) is 43.8 Å². The molecule has 0 unspecified atom stereocenters. The van der Waals surface area contributed by atoms with E-state index in [1.165, 1.54) is 4.88 Å². The van der Waals surface area contributed by atoms with E-state index in [1.54, 1.807) is 11.3 Å². The molecule has 0 aliphatic carbocycles. The van der Waals surface area contributed by atoms with E-state index in [-0.39, 0.29) is 5.41 Å². The minimum absolute atomic E-state index is 0.0300. The number of rotatable bonds is 5. The van der Waals surface area contributed by atoms with Crippen molar-refractivity contribution in [2.75, 3.05) is 11.4 Å². The molecular formula is C17H25N3S. The lowest BCUT2D eigenvalue weighted by Crippen LogP contribution is -2.25. The maximum atomic E-state index is 5.86. The molecule has 0 saturated heterocycles. The van der Waals surface area contributed by atoms with E-state index in [1.807, 2.05) is 0 Å². The fraction of sp³-hybridized carbons (Fsp3) is 0.471. The molecule has 2 heterocycles. The Balaban J connectivity index is 2.35. The molecule has 0 fully saturated rings. The number of hydrogen-bond acceptors (Lipinski definition) is 4. The number of nitrogens with zero attached hydrogens (tertiary/aromatic N) is 2. The molecule has 0 radical (unpaired) electrons. The number of nitrogens with two attached hydrogens (primary N) is 1. The largest absolute Gasteiger partial charge is 0.352 e. The van der Waals surface area contributed by atoms with Crippen LogP contribution in [0, 0.1) is 0 Å². The summed E-state index contributed by atoms with van der Waals surface area (Å²) in [6, 6.07) is 8.51. The fourth-order valence-corrected chi connectivity index (χ4v) is 2.90. The predicted molar refractivity (Wildman–Crippen MR) is 91.9 cm³/mol. The molecule has 2 rings (SSSR count). The molecule has 0 saturated carbocycles. The third-order valence-electron chi connectivity index (χ3n) is 3.51. The van der Waals surface area contributed by atoms with Gasteiger partial charge in [0, 0.05) is 29.1 Å². The van der Waals surface area contributed by atoms with E-state index in [2.05, 4.69) is 62.2 Å². The summed E-state index contributed by atoms with van der Waals surface area (Å²) >= 11 is 1.79. The van der Waals surface area contributed by atoms with Gasteiger partial charge in [-0.3, -0.25) is 0 Å². The van der Waals surface area contributed by atoms with Crippen molar-refractivity contribution in [3.63, 3.8) is 0 Å². The van der Waals surface area contributed by atoms with Crippen molar-refractivity contribution in [3.8, 4) is 0 Å². The number of pyridine rings is 1. The molecular weight excluding hydrogens is 278 g/mol. The lowest BCUT2D eigenvalue weighted by molar-refractivity contribution is 0.566. The fourth-order valence-electron chi connectivity index (χ4n) is 2.18. The van der Waals surface area contributed by atoms with Crippen molar-refractivity contribution in [2.24, 2.45) is 5.73 Å². The molecule has 3 nitrogen and oxygen atoms in total. The van der Waals surface area contributed by atoms with Crippen LogP contribution < -0.4 is 10.6 Å². The normalized spacial score (nSPS) is 11.7. The lowest BCUT2D eigenvalue weighted by Gasteiger charge is -2.25. The third kappa shape index (κ3) is 4.05. The van der Waals surface area contributed by atoms with E-state index >= 15 is 0 Å². The van der Waals surface area contributed by atoms with Gasteiger partial charge in [-0.15, -0.1) is 11.3 Å². The zero-order valence-electron chi connectivity index (χ0n) is 13.4. The van der Waals surface area contributed by atoms with Crippen molar-refractivity contribution in [1.82, 2.24) is 4.98 Å². The van der Waals surface area contributed by atoms with E-state index in [4.69, 9.17) is 10.7 Å². The van der Waals surface area contributed by atoms with Crippen molar-refractivity contribution >= 4 is 17.2 Å². The molecule has 114 valence electrons. The van der Waals surface area contributed by atoms with Gasteiger partial charge in [0.15, 0.2) is 0 Å². The van der Waals surface area contributed by atoms with Crippen LogP contribution in [0.15, 0.2) is 29.6 Å². The highest BCUT2D eigenvalue weighted by atomic mass is 32.1. The van der Waals surface area contributed by atoms with Crippen LogP contribution in [0.4, 0.5) is 5.82 Å². The minimum Gasteiger partial charge on any atom is -0.352 e. The first-order valence-corrected chi connectivity index (χ1v) is 8.31. The van der Waals surface area contributed by atoms with Crippen molar-refractivity contribution in [3.05, 3.63) is 45.8 Å². The molecule has 0 amide bonds. The Labute approximate surface area is 131 Å². The van der Waals surface area contributed by atoms with Gasteiger partial charge in [0.25, 0.3) is 0 Å². The molecule has 0 bridgehead atoms. The first kappa shape index (κ1) is 16.0. The predicted octanol–water partition coefficient (Wildman–Crippen LogP) is 3.93. The second kappa shape index (κ2) is 6.58. The summed E-state index contributed by atoms with van der Waals surface area (Å²) in [5.41, 5.74) is 8.14. The highest BCUT2D eigenvalue weighted by molar-refractivity contribution is 7.09.